The maximum absolute atomic E-state index is 12.8. The second-order valence-electron chi connectivity index (χ2n) is 22.0. The molecule has 0 aliphatic carbocycles. The summed E-state index contributed by atoms with van der Waals surface area (Å²) in [6.07, 6.45) is 73.5. The molecule has 0 aliphatic heterocycles. The van der Waals surface area contributed by atoms with Gasteiger partial charge >= 0.3 is 17.9 Å². The van der Waals surface area contributed by atoms with Crippen LogP contribution in [0, 0.1) is 0 Å². The van der Waals surface area contributed by atoms with E-state index < -0.39 is 6.10 Å². The van der Waals surface area contributed by atoms with Crippen LogP contribution in [-0.4, -0.2) is 37.2 Å². The minimum atomic E-state index is -0.769. The molecule has 0 aliphatic rings. The molecule has 0 amide bonds. The monoisotopic (exact) mass is 1010 g/mol. The first-order chi connectivity index (χ1) is 35.5. The second kappa shape index (κ2) is 61.4. The molecule has 0 spiro atoms. The quantitative estimate of drug-likeness (QED) is 0.0261. The molecule has 6 heteroatoms. The number of unbranched alkanes of at least 4 members (excludes halogenated alkanes) is 45. The third kappa shape index (κ3) is 58.8. The number of hydrogen-bond donors (Lipinski definition) is 0. The van der Waals surface area contributed by atoms with E-state index in [2.05, 4.69) is 45.1 Å². The van der Waals surface area contributed by atoms with E-state index in [1.54, 1.807) is 0 Å². The van der Waals surface area contributed by atoms with E-state index in [4.69, 9.17) is 14.2 Å². The Morgan fingerprint density at radius 2 is 0.472 bits per heavy atom. The van der Waals surface area contributed by atoms with Gasteiger partial charge in [-0.05, 0) is 64.2 Å². The molecule has 1 atom stereocenters. The van der Waals surface area contributed by atoms with Crippen LogP contribution in [0.25, 0.3) is 0 Å². The summed E-state index contributed by atoms with van der Waals surface area (Å²) >= 11 is 0. The van der Waals surface area contributed by atoms with Gasteiger partial charge in [0.1, 0.15) is 13.2 Å². The van der Waals surface area contributed by atoms with E-state index in [1.165, 1.54) is 257 Å². The Kier molecular flexibility index (Phi) is 59.6. The van der Waals surface area contributed by atoms with Crippen molar-refractivity contribution in [2.24, 2.45) is 0 Å². The van der Waals surface area contributed by atoms with E-state index in [0.717, 1.165) is 64.2 Å². The average Bonchev–Trinajstić information content (AvgIpc) is 3.38. The summed E-state index contributed by atoms with van der Waals surface area (Å²) in [6.45, 7) is 6.65. The lowest BCUT2D eigenvalue weighted by Gasteiger charge is -2.18. The first-order valence-corrected chi connectivity index (χ1v) is 32.3. The molecule has 0 bridgehead atoms. The van der Waals surface area contributed by atoms with Gasteiger partial charge in [-0.25, -0.2) is 0 Å². The van der Waals surface area contributed by atoms with Gasteiger partial charge in [-0.3, -0.25) is 14.4 Å². The second-order valence-corrected chi connectivity index (χ2v) is 22.0. The van der Waals surface area contributed by atoms with E-state index in [9.17, 15) is 14.4 Å². The lowest BCUT2D eigenvalue weighted by Crippen LogP contribution is -2.30. The van der Waals surface area contributed by atoms with Crippen molar-refractivity contribution in [3.63, 3.8) is 0 Å². The van der Waals surface area contributed by atoms with Crippen molar-refractivity contribution in [2.75, 3.05) is 13.2 Å². The van der Waals surface area contributed by atoms with Gasteiger partial charge in [0, 0.05) is 19.3 Å². The Bertz CT molecular complexity index is 1160. The van der Waals surface area contributed by atoms with E-state index >= 15 is 0 Å². The SMILES string of the molecule is CCCC/C=C\CCCCCCCC(=O)OCC(COC(=O)CCCCCCCCCCCCCCCCCCC/C=C\CCCCCCCCCC)OC(=O)CCCCCCCCCCCCCCCC. The number of esters is 3. The minimum absolute atomic E-state index is 0.0682. The number of ether oxygens (including phenoxy) is 3. The van der Waals surface area contributed by atoms with Crippen LogP contribution in [-0.2, 0) is 28.6 Å². The zero-order valence-electron chi connectivity index (χ0n) is 48.7. The molecular formula is C66H124O6. The molecule has 0 rings (SSSR count). The fraction of sp³-hybridized carbons (Fsp3) is 0.894. The van der Waals surface area contributed by atoms with Gasteiger partial charge in [0.05, 0.1) is 0 Å². The molecule has 1 unspecified atom stereocenters. The van der Waals surface area contributed by atoms with Gasteiger partial charge in [-0.1, -0.05) is 302 Å². The van der Waals surface area contributed by atoms with Crippen molar-refractivity contribution in [1.82, 2.24) is 0 Å². The minimum Gasteiger partial charge on any atom is -0.462 e. The maximum atomic E-state index is 12.8. The summed E-state index contributed by atoms with van der Waals surface area (Å²) in [7, 11) is 0. The van der Waals surface area contributed by atoms with Crippen LogP contribution < -0.4 is 0 Å². The molecule has 0 saturated carbocycles. The number of carbonyl (C=O) groups is 3. The van der Waals surface area contributed by atoms with Crippen molar-refractivity contribution in [1.29, 1.82) is 0 Å². The first kappa shape index (κ1) is 69.9. The summed E-state index contributed by atoms with van der Waals surface area (Å²) in [5.74, 6) is -0.855. The Morgan fingerprint density at radius 3 is 0.736 bits per heavy atom. The molecule has 0 heterocycles. The predicted molar refractivity (Wildman–Crippen MR) is 312 cm³/mol. The highest BCUT2D eigenvalue weighted by molar-refractivity contribution is 5.71. The van der Waals surface area contributed by atoms with E-state index in [1.807, 2.05) is 0 Å². The third-order valence-corrected chi connectivity index (χ3v) is 14.7. The Morgan fingerprint density at radius 1 is 0.264 bits per heavy atom. The van der Waals surface area contributed by atoms with Crippen LogP contribution in [0.2, 0.25) is 0 Å². The molecule has 0 aromatic heterocycles. The van der Waals surface area contributed by atoms with Gasteiger partial charge in [0.2, 0.25) is 0 Å². The summed E-state index contributed by atoms with van der Waals surface area (Å²) in [4.78, 5) is 38.2. The zero-order chi connectivity index (χ0) is 52.2. The lowest BCUT2D eigenvalue weighted by molar-refractivity contribution is -0.167. The predicted octanol–water partition coefficient (Wildman–Crippen LogP) is 21.8. The largest absolute Gasteiger partial charge is 0.462 e. The van der Waals surface area contributed by atoms with E-state index in [0.29, 0.717) is 19.3 Å². The average molecular weight is 1010 g/mol. The van der Waals surface area contributed by atoms with Gasteiger partial charge < -0.3 is 14.2 Å². The van der Waals surface area contributed by atoms with Crippen molar-refractivity contribution in [3.05, 3.63) is 24.3 Å². The standard InChI is InChI=1S/C66H124O6/c1-4-7-10-13-16-19-22-24-26-27-28-29-30-31-32-33-34-35-36-37-38-39-40-42-44-47-50-53-56-59-65(68)71-62-63(61-70-64(67)58-55-52-49-46-43-21-18-15-12-9-6-3)72-66(69)60-57-54-51-48-45-41-25-23-20-17-14-11-8-5-2/h15,18,27-28,63H,4-14,16-17,19-26,29-62H2,1-3H3/b18-15-,28-27-. The van der Waals surface area contributed by atoms with Gasteiger partial charge in [0.15, 0.2) is 6.10 Å². The summed E-state index contributed by atoms with van der Waals surface area (Å²) < 4.78 is 16.9. The third-order valence-electron chi connectivity index (χ3n) is 14.7. The van der Waals surface area contributed by atoms with Crippen LogP contribution in [0.3, 0.4) is 0 Å². The number of carbonyl (C=O) groups excluding carboxylic acids is 3. The van der Waals surface area contributed by atoms with Crippen LogP contribution in [0.5, 0.6) is 0 Å². The molecule has 0 radical (unpaired) electrons. The Hall–Kier alpha value is -2.11. The number of allylic oxidation sites excluding steroid dienone is 4. The van der Waals surface area contributed by atoms with Crippen LogP contribution in [0.1, 0.15) is 361 Å². The molecule has 0 aromatic carbocycles. The first-order valence-electron chi connectivity index (χ1n) is 32.3. The normalized spacial score (nSPS) is 12.1. The molecular weight excluding hydrogens is 889 g/mol. The number of hydrogen-bond acceptors (Lipinski definition) is 6. The van der Waals surface area contributed by atoms with Crippen molar-refractivity contribution in [2.45, 2.75) is 367 Å². The molecule has 0 saturated heterocycles. The molecule has 72 heavy (non-hydrogen) atoms. The highest BCUT2D eigenvalue weighted by Gasteiger charge is 2.19. The van der Waals surface area contributed by atoms with Crippen LogP contribution >= 0.6 is 0 Å². The highest BCUT2D eigenvalue weighted by Crippen LogP contribution is 2.18. The molecule has 0 aromatic rings. The smallest absolute Gasteiger partial charge is 0.306 e. The van der Waals surface area contributed by atoms with Gasteiger partial charge in [0.25, 0.3) is 0 Å². The van der Waals surface area contributed by atoms with Gasteiger partial charge in [-0.2, -0.15) is 0 Å². The Balaban J connectivity index is 4.09. The van der Waals surface area contributed by atoms with Crippen molar-refractivity contribution < 1.29 is 28.6 Å². The molecule has 424 valence electrons. The topological polar surface area (TPSA) is 78.9 Å². The number of rotatable bonds is 60. The van der Waals surface area contributed by atoms with Crippen LogP contribution in [0.15, 0.2) is 24.3 Å². The van der Waals surface area contributed by atoms with Gasteiger partial charge in [-0.15, -0.1) is 0 Å². The lowest BCUT2D eigenvalue weighted by atomic mass is 10.0. The highest BCUT2D eigenvalue weighted by atomic mass is 16.6. The fourth-order valence-corrected chi connectivity index (χ4v) is 9.78. The molecule has 0 fully saturated rings. The van der Waals surface area contributed by atoms with Crippen molar-refractivity contribution >= 4 is 17.9 Å². The molecule has 0 N–H and O–H groups in total. The fourth-order valence-electron chi connectivity index (χ4n) is 9.78. The summed E-state index contributed by atoms with van der Waals surface area (Å²) in [5, 5.41) is 0. The summed E-state index contributed by atoms with van der Waals surface area (Å²) in [6, 6.07) is 0. The van der Waals surface area contributed by atoms with E-state index in [-0.39, 0.29) is 31.1 Å². The maximum Gasteiger partial charge on any atom is 0.306 e. The summed E-state index contributed by atoms with van der Waals surface area (Å²) in [5.41, 5.74) is 0. The Labute approximate surface area is 449 Å². The molecule has 6 nitrogen and oxygen atoms in total. The van der Waals surface area contributed by atoms with Crippen LogP contribution in [0.4, 0.5) is 0 Å². The van der Waals surface area contributed by atoms with Crippen molar-refractivity contribution in [3.8, 4) is 0 Å². The zero-order valence-corrected chi connectivity index (χ0v) is 48.7.